The van der Waals surface area contributed by atoms with E-state index in [1.54, 1.807) is 0 Å². The zero-order valence-corrected chi connectivity index (χ0v) is 76.7. The minimum atomic E-state index is 0. The Labute approximate surface area is 803 Å². The third-order valence-electron chi connectivity index (χ3n) is 17.6. The third-order valence-corrected chi connectivity index (χ3v) is 17.6. The molecule has 20 rings (SSSR count). The van der Waals surface area contributed by atoms with E-state index in [-0.39, 0.29) is 132 Å². The predicted molar refractivity (Wildman–Crippen MR) is 465 cm³/mol. The summed E-state index contributed by atoms with van der Waals surface area (Å²) in [5.41, 5.74) is 28.2. The zero-order chi connectivity index (χ0) is 79.6. The molecule has 22 heteroatoms. The third kappa shape index (κ3) is 30.1. The summed E-state index contributed by atoms with van der Waals surface area (Å²) in [6.07, 6.45) is 0. The molecule has 0 spiro atoms. The van der Waals surface area contributed by atoms with Crippen molar-refractivity contribution in [1.82, 2.24) is 81.6 Å². The van der Waals surface area contributed by atoms with Gasteiger partial charge in [-0.1, -0.05) is 426 Å². The van der Waals surface area contributed by atoms with E-state index in [0.29, 0.717) is 0 Å². The molecule has 0 atom stereocenters. The fourth-order valence-corrected chi connectivity index (χ4v) is 11.8. The van der Waals surface area contributed by atoms with Crippen LogP contribution in [0.5, 0.6) is 0 Å². The second kappa shape index (κ2) is 52.8. The molecule has 8 heterocycles. The molecule has 624 valence electrons. The predicted octanol–water partition coefficient (Wildman–Crippen LogP) is 21.5. The molecule has 0 fully saturated rings. The summed E-state index contributed by atoms with van der Waals surface area (Å²) in [5, 5.41) is 65.6. The first-order chi connectivity index (χ1) is 57.2. The Morgan fingerprint density at radius 3 is 0.369 bits per heavy atom. The topological polar surface area (TPSA) is 216 Å². The molecule has 0 aliphatic rings. The van der Waals surface area contributed by atoms with Crippen LogP contribution in [0.15, 0.2) is 413 Å². The first-order valence-corrected chi connectivity index (χ1v) is 37.7. The molecule has 20 aromatic rings. The van der Waals surface area contributed by atoms with Crippen LogP contribution in [-0.4, -0.2) is 40.8 Å². The van der Waals surface area contributed by atoms with E-state index in [0.717, 1.165) is 158 Å². The first-order valence-electron chi connectivity index (χ1n) is 37.7. The number of nitrogens with zero attached hydrogens (tertiary/aromatic N) is 16. The molecule has 122 heavy (non-hydrogen) atoms. The van der Waals surface area contributed by atoms with Gasteiger partial charge in [0, 0.05) is 45.6 Å². The Kier molecular flexibility index (Phi) is 42.3. The monoisotopic (exact) mass is 2320 g/mol. The molecule has 16 nitrogen and oxygen atoms in total. The van der Waals surface area contributed by atoms with Gasteiger partial charge in [0.15, 0.2) is 0 Å². The summed E-state index contributed by atoms with van der Waals surface area (Å²) < 4.78 is 0. The standard InChI is InChI=1S/6C15H11N2.2C5H7N2.4Ag.2Pt/c6*1-3-7-12(8-4-1)14-11-15(17-16-14)13-9-5-2-6-10-13;2*1-4-3-5(2)7-6-4;;;;;;/h6*1-11H;2*3H,1-2H3;;;;;;/q8*-1;4*+1;2*+2. The number of hydrogen-bond donors (Lipinski definition) is 0. The Morgan fingerprint density at radius 2 is 0.270 bits per heavy atom. The molecular formula is C100H80Ag4N16Pt2. The number of aromatic nitrogens is 16. The maximum atomic E-state index is 4.21. The summed E-state index contributed by atoms with van der Waals surface area (Å²) in [6.45, 7) is 7.72. The fourth-order valence-electron chi connectivity index (χ4n) is 11.8. The van der Waals surface area contributed by atoms with Gasteiger partial charge in [0.05, 0.1) is 0 Å². The first kappa shape index (κ1) is 97.8. The maximum absolute atomic E-state index is 4.21. The van der Waals surface area contributed by atoms with E-state index in [4.69, 9.17) is 0 Å². The van der Waals surface area contributed by atoms with Crippen LogP contribution in [0, 0.1) is 27.7 Å². The Morgan fingerprint density at radius 1 is 0.148 bits per heavy atom. The van der Waals surface area contributed by atoms with Crippen molar-refractivity contribution in [3.05, 3.63) is 435 Å². The van der Waals surface area contributed by atoms with Gasteiger partial charge >= 0.3 is 132 Å². The summed E-state index contributed by atoms with van der Waals surface area (Å²) >= 11 is 0. The van der Waals surface area contributed by atoms with Gasteiger partial charge in [-0.2, -0.15) is 0 Å². The van der Waals surface area contributed by atoms with Gasteiger partial charge in [-0.15, -0.1) is 45.6 Å². The minimum Gasteiger partial charge on any atom is -0.579 e. The average molecular weight is 2330 g/mol. The van der Waals surface area contributed by atoms with Gasteiger partial charge in [-0.05, 0) is 80.6 Å². The molecule has 0 saturated heterocycles. The van der Waals surface area contributed by atoms with Gasteiger partial charge < -0.3 is 81.6 Å². The van der Waals surface area contributed by atoms with Gasteiger partial charge in [-0.25, -0.2) is 0 Å². The number of benzene rings is 12. The van der Waals surface area contributed by atoms with Crippen LogP contribution >= 0.6 is 0 Å². The van der Waals surface area contributed by atoms with Crippen LogP contribution in [0.3, 0.4) is 0 Å². The molecule has 8 aromatic heterocycles. The minimum absolute atomic E-state index is 0. The number of aryl methyl sites for hydroxylation is 4. The molecule has 0 unspecified atom stereocenters. The van der Waals surface area contributed by atoms with E-state index in [9.17, 15) is 0 Å². The maximum Gasteiger partial charge on any atom is 2.00 e. The molecule has 0 radical (unpaired) electrons. The second-order valence-electron chi connectivity index (χ2n) is 26.3. The van der Waals surface area contributed by atoms with Crippen molar-refractivity contribution >= 4 is 0 Å². The van der Waals surface area contributed by atoms with E-state index < -0.39 is 0 Å². The Bertz CT molecular complexity index is 4850. The number of hydrogen-bond acceptors (Lipinski definition) is 8. The molecular weight excluding hydrogens is 2250 g/mol. The molecule has 0 saturated carbocycles. The molecule has 0 aliphatic carbocycles. The van der Waals surface area contributed by atoms with Crippen molar-refractivity contribution in [2.24, 2.45) is 0 Å². The van der Waals surface area contributed by atoms with Crippen molar-refractivity contribution in [2.75, 3.05) is 0 Å². The van der Waals surface area contributed by atoms with E-state index in [1.165, 1.54) is 0 Å². The number of rotatable bonds is 12. The molecule has 0 aliphatic heterocycles. The summed E-state index contributed by atoms with van der Waals surface area (Å²) in [4.78, 5) is 0. The van der Waals surface area contributed by atoms with Gasteiger partial charge in [-0.3, -0.25) is 0 Å². The van der Waals surface area contributed by atoms with E-state index >= 15 is 0 Å². The molecule has 12 aromatic carbocycles. The smallest absolute Gasteiger partial charge is 0.579 e. The van der Waals surface area contributed by atoms with Crippen LogP contribution in [0.2, 0.25) is 0 Å². The van der Waals surface area contributed by atoms with Gasteiger partial charge in [0.2, 0.25) is 0 Å². The van der Waals surface area contributed by atoms with Crippen LogP contribution < -0.4 is 40.8 Å². The largest absolute Gasteiger partial charge is 2.00 e. The van der Waals surface area contributed by atoms with Crippen LogP contribution in [0.4, 0.5) is 0 Å². The van der Waals surface area contributed by atoms with E-state index in [1.807, 2.05) is 440 Å². The molecule has 0 amide bonds. The normalized spacial score (nSPS) is 9.74. The fraction of sp³-hybridized carbons (Fsp3) is 0.0400. The van der Waals surface area contributed by atoms with Gasteiger partial charge in [0.1, 0.15) is 0 Å². The Hall–Kier alpha value is -11.3. The zero-order valence-electron chi connectivity index (χ0n) is 66.3. The van der Waals surface area contributed by atoms with Crippen LogP contribution in [0.25, 0.3) is 135 Å². The molecule has 0 bridgehead atoms. The van der Waals surface area contributed by atoms with Crippen molar-refractivity contribution in [1.29, 1.82) is 0 Å². The average Bonchev–Trinajstić information content (AvgIpc) is 1.73. The Balaban J connectivity index is 0.000000193. The van der Waals surface area contributed by atoms with E-state index in [2.05, 4.69) is 81.6 Å². The summed E-state index contributed by atoms with van der Waals surface area (Å²) in [7, 11) is 0. The SMILES string of the molecule is Cc1cc(C)[n-]n1.Cc1cc(C)[n-]n1.[Ag+].[Ag+].[Ag+].[Ag+].[Pt+2].[Pt+2].c1ccc(-c2cc(-c3ccccc3)[n-]n2)cc1.c1ccc(-c2cc(-c3ccccc3)[n-]n2)cc1.c1ccc(-c2cc(-c3ccccc3)[n-]n2)cc1.c1ccc(-c2cc(-c3ccccc3)[n-]n2)cc1.c1ccc(-c2cc(-c3ccccc3)[n-]n2)cc1.c1ccc(-c2cc(-c3ccccc3)[n-]n2)cc1. The van der Waals surface area contributed by atoms with Crippen LogP contribution in [-0.2, 0) is 132 Å². The van der Waals surface area contributed by atoms with Crippen LogP contribution in [0.1, 0.15) is 22.8 Å². The molecule has 0 N–H and O–H groups in total. The van der Waals surface area contributed by atoms with Gasteiger partial charge in [0.25, 0.3) is 0 Å². The summed E-state index contributed by atoms with van der Waals surface area (Å²) in [6, 6.07) is 137. The van der Waals surface area contributed by atoms with Crippen molar-refractivity contribution < 1.29 is 132 Å². The van der Waals surface area contributed by atoms with Crippen molar-refractivity contribution in [3.8, 4) is 135 Å². The second-order valence-corrected chi connectivity index (χ2v) is 26.3. The quantitative estimate of drug-likeness (QED) is 0.104. The van der Waals surface area contributed by atoms with Crippen molar-refractivity contribution in [2.45, 2.75) is 27.7 Å². The van der Waals surface area contributed by atoms with Crippen molar-refractivity contribution in [3.63, 3.8) is 0 Å². The summed E-state index contributed by atoms with van der Waals surface area (Å²) in [5.74, 6) is 0.